The molecular weight excluding hydrogens is 376 g/mol. The molecule has 0 radical (unpaired) electrons. The number of carbonyl (C=O) groups excluding carboxylic acids is 1. The van der Waals surface area contributed by atoms with Crippen molar-refractivity contribution < 1.29 is 4.79 Å². The zero-order valence-corrected chi connectivity index (χ0v) is 17.1. The van der Waals surface area contributed by atoms with Crippen molar-refractivity contribution in [1.82, 2.24) is 10.3 Å². The van der Waals surface area contributed by atoms with Gasteiger partial charge in [-0.1, -0.05) is 49.7 Å². The number of amides is 1. The maximum Gasteiger partial charge on any atom is 0.276 e. The van der Waals surface area contributed by atoms with E-state index in [0.29, 0.717) is 10.9 Å². The highest BCUT2D eigenvalue weighted by molar-refractivity contribution is 8.13. The van der Waals surface area contributed by atoms with Gasteiger partial charge in [0, 0.05) is 11.0 Å². The van der Waals surface area contributed by atoms with E-state index in [1.54, 1.807) is 23.1 Å². The lowest BCUT2D eigenvalue weighted by atomic mass is 10.1. The minimum Gasteiger partial charge on any atom is -0.298 e. The number of carbonyl (C=O) groups is 1. The van der Waals surface area contributed by atoms with E-state index in [2.05, 4.69) is 30.6 Å². The maximum atomic E-state index is 13.0. The number of hydrogen-bond donors (Lipinski definition) is 1. The predicted octanol–water partition coefficient (Wildman–Crippen LogP) is 3.12. The second kappa shape index (κ2) is 7.86. The van der Waals surface area contributed by atoms with Crippen molar-refractivity contribution in [2.75, 3.05) is 5.75 Å². The smallest absolute Gasteiger partial charge is 0.276 e. The van der Waals surface area contributed by atoms with Gasteiger partial charge in [0.15, 0.2) is 11.3 Å². The normalized spacial score (nSPS) is 18.4. The van der Waals surface area contributed by atoms with Crippen molar-refractivity contribution in [3.63, 3.8) is 0 Å². The SMILES string of the molecule is CCCCCSC1=NN2C(=c3ccccc3=NC2c2sccc2C)C(=O)N1. The molecule has 2 aromatic rings. The Morgan fingerprint density at radius 3 is 2.89 bits per heavy atom. The van der Waals surface area contributed by atoms with Crippen LogP contribution in [-0.2, 0) is 4.79 Å². The maximum absolute atomic E-state index is 13.0. The number of aryl methyl sites for hydroxylation is 1. The number of hydrazone groups is 1. The van der Waals surface area contributed by atoms with Crippen molar-refractivity contribution in [1.29, 1.82) is 0 Å². The van der Waals surface area contributed by atoms with E-state index >= 15 is 0 Å². The Morgan fingerprint density at radius 2 is 2.11 bits per heavy atom. The first-order valence-corrected chi connectivity index (χ1v) is 11.1. The third kappa shape index (κ3) is 3.53. The molecule has 3 heterocycles. The fraction of sp³-hybridized carbons (Fsp3) is 0.350. The highest BCUT2D eigenvalue weighted by Crippen LogP contribution is 2.35. The zero-order chi connectivity index (χ0) is 18.8. The second-order valence-corrected chi connectivity index (χ2v) is 8.63. The third-order valence-corrected chi connectivity index (χ3v) is 6.65. The van der Waals surface area contributed by atoms with Crippen molar-refractivity contribution in [2.45, 2.75) is 39.3 Å². The van der Waals surface area contributed by atoms with Crippen LogP contribution in [0.25, 0.3) is 5.70 Å². The number of benzene rings is 1. The molecule has 7 heteroatoms. The molecule has 4 rings (SSSR count). The molecule has 1 aromatic heterocycles. The van der Waals surface area contributed by atoms with Gasteiger partial charge in [-0.25, -0.2) is 5.01 Å². The van der Waals surface area contributed by atoms with Gasteiger partial charge in [-0.05, 0) is 36.4 Å². The van der Waals surface area contributed by atoms with Gasteiger partial charge in [-0.15, -0.1) is 16.4 Å². The van der Waals surface area contributed by atoms with E-state index in [4.69, 9.17) is 10.1 Å². The summed E-state index contributed by atoms with van der Waals surface area (Å²) in [5, 5.41) is 14.0. The molecule has 0 spiro atoms. The molecule has 0 fully saturated rings. The van der Waals surface area contributed by atoms with Crippen LogP contribution in [0.15, 0.2) is 45.8 Å². The van der Waals surface area contributed by atoms with Crippen molar-refractivity contribution in [2.24, 2.45) is 10.1 Å². The van der Waals surface area contributed by atoms with Gasteiger partial charge < -0.3 is 0 Å². The monoisotopic (exact) mass is 398 g/mol. The number of thioether (sulfide) groups is 1. The Bertz CT molecular complexity index is 1010. The van der Waals surface area contributed by atoms with Gasteiger partial charge in [0.25, 0.3) is 5.91 Å². The Morgan fingerprint density at radius 1 is 1.26 bits per heavy atom. The fourth-order valence-corrected chi connectivity index (χ4v) is 5.03. The molecule has 1 amide bonds. The summed E-state index contributed by atoms with van der Waals surface area (Å²) in [6, 6.07) is 9.87. The third-order valence-electron chi connectivity index (χ3n) is 4.64. The number of para-hydroxylation sites is 1. The highest BCUT2D eigenvalue weighted by Gasteiger charge is 2.35. The van der Waals surface area contributed by atoms with Crippen LogP contribution in [0.4, 0.5) is 0 Å². The van der Waals surface area contributed by atoms with Crippen molar-refractivity contribution in [3.05, 3.63) is 56.7 Å². The van der Waals surface area contributed by atoms with Crippen LogP contribution in [0.1, 0.15) is 42.8 Å². The number of nitrogens with zero attached hydrogens (tertiary/aromatic N) is 3. The molecule has 1 unspecified atom stereocenters. The van der Waals surface area contributed by atoms with Gasteiger partial charge >= 0.3 is 0 Å². The lowest BCUT2D eigenvalue weighted by molar-refractivity contribution is -0.116. The summed E-state index contributed by atoms with van der Waals surface area (Å²) < 4.78 is 0. The zero-order valence-electron chi connectivity index (χ0n) is 15.4. The van der Waals surface area contributed by atoms with Crippen LogP contribution in [0.2, 0.25) is 0 Å². The lowest BCUT2D eigenvalue weighted by Gasteiger charge is -2.33. The average molecular weight is 399 g/mol. The van der Waals surface area contributed by atoms with Gasteiger partial charge in [-0.3, -0.25) is 15.1 Å². The summed E-state index contributed by atoms with van der Waals surface area (Å²) >= 11 is 3.26. The molecule has 0 bridgehead atoms. The predicted molar refractivity (Wildman–Crippen MR) is 112 cm³/mol. The summed E-state index contributed by atoms with van der Waals surface area (Å²) in [7, 11) is 0. The molecular formula is C20H22N4OS2. The summed E-state index contributed by atoms with van der Waals surface area (Å²) in [5.41, 5.74) is 1.75. The van der Waals surface area contributed by atoms with Crippen LogP contribution >= 0.6 is 23.1 Å². The number of thiophene rings is 1. The number of rotatable bonds is 5. The van der Waals surface area contributed by atoms with E-state index in [9.17, 15) is 4.79 Å². The first-order chi connectivity index (χ1) is 13.2. The summed E-state index contributed by atoms with van der Waals surface area (Å²) in [6.07, 6.45) is 3.19. The summed E-state index contributed by atoms with van der Waals surface area (Å²) in [5.74, 6) is 0.844. The van der Waals surface area contributed by atoms with E-state index < -0.39 is 0 Å². The van der Waals surface area contributed by atoms with Crippen molar-refractivity contribution in [3.8, 4) is 0 Å². The molecule has 27 heavy (non-hydrogen) atoms. The summed E-state index contributed by atoms with van der Waals surface area (Å²) in [4.78, 5) is 19.0. The number of hydrogen-bond acceptors (Lipinski definition) is 6. The summed E-state index contributed by atoms with van der Waals surface area (Å²) in [6.45, 7) is 4.27. The molecule has 0 saturated carbocycles. The largest absolute Gasteiger partial charge is 0.298 e. The van der Waals surface area contributed by atoms with Crippen LogP contribution in [0.5, 0.6) is 0 Å². The van der Waals surface area contributed by atoms with Gasteiger partial charge in [0.05, 0.1) is 10.2 Å². The molecule has 1 aromatic carbocycles. The standard InChI is InChI=1S/C20H22N4OS2/c1-3-4-7-11-27-20-22-19(25)16-14-8-5-6-9-15(14)21-18(24(16)23-20)17-13(2)10-12-26-17/h5-6,8-10,12,18H,3-4,7,11H2,1-2H3,(H,22,23,25). The molecule has 2 aliphatic heterocycles. The molecule has 1 N–H and O–H groups in total. The van der Waals surface area contributed by atoms with E-state index in [-0.39, 0.29) is 12.1 Å². The first-order valence-electron chi connectivity index (χ1n) is 9.22. The quantitative estimate of drug-likeness (QED) is 0.788. The van der Waals surface area contributed by atoms with E-state index in [1.165, 1.54) is 18.4 Å². The molecule has 1 atom stereocenters. The Balaban J connectivity index is 1.77. The molecule has 140 valence electrons. The minimum absolute atomic E-state index is 0.107. The highest BCUT2D eigenvalue weighted by atomic mass is 32.2. The van der Waals surface area contributed by atoms with Gasteiger partial charge in [0.1, 0.15) is 5.70 Å². The van der Waals surface area contributed by atoms with Crippen molar-refractivity contribution >= 4 is 39.9 Å². The number of amidine groups is 1. The van der Waals surface area contributed by atoms with Crippen LogP contribution in [0, 0.1) is 6.92 Å². The van der Waals surface area contributed by atoms with Gasteiger partial charge in [0.2, 0.25) is 0 Å². The lowest BCUT2D eigenvalue weighted by Crippen LogP contribution is -2.50. The number of unbranched alkanes of at least 4 members (excludes halogenated alkanes) is 2. The van der Waals surface area contributed by atoms with E-state index in [1.807, 2.05) is 29.3 Å². The first kappa shape index (κ1) is 18.3. The molecule has 5 nitrogen and oxygen atoms in total. The van der Waals surface area contributed by atoms with Crippen LogP contribution < -0.4 is 15.9 Å². The van der Waals surface area contributed by atoms with Crippen LogP contribution in [-0.4, -0.2) is 21.8 Å². The topological polar surface area (TPSA) is 57.1 Å². The Kier molecular flexibility index (Phi) is 5.31. The molecule has 2 aliphatic rings. The molecule has 0 aliphatic carbocycles. The van der Waals surface area contributed by atoms with E-state index in [0.717, 1.165) is 27.6 Å². The minimum atomic E-state index is -0.299. The number of nitrogens with one attached hydrogen (secondary N) is 1. The average Bonchev–Trinajstić information content (AvgIpc) is 3.10. The van der Waals surface area contributed by atoms with Crippen LogP contribution in [0.3, 0.4) is 0 Å². The second-order valence-electron chi connectivity index (χ2n) is 6.60. The Hall–Kier alpha value is -2.12. The molecule has 0 saturated heterocycles. The van der Waals surface area contributed by atoms with Gasteiger partial charge in [-0.2, -0.15) is 0 Å². The fourth-order valence-electron chi connectivity index (χ4n) is 3.23. The number of fused-ring (bicyclic) bond motifs is 2. The Labute approximate surface area is 166 Å².